The van der Waals surface area contributed by atoms with Crippen molar-refractivity contribution in [3.8, 4) is 0 Å². The number of carbonyl (C=O) groups excluding carboxylic acids is 2. The van der Waals surface area contributed by atoms with Crippen molar-refractivity contribution in [2.45, 2.75) is 51.6 Å². The van der Waals surface area contributed by atoms with E-state index in [1.54, 1.807) is 6.92 Å². The van der Waals surface area contributed by atoms with Gasteiger partial charge in [-0.2, -0.15) is 9.49 Å². The van der Waals surface area contributed by atoms with E-state index in [-0.39, 0.29) is 28.2 Å². The molecular weight excluding hydrogens is 427 g/mol. The summed E-state index contributed by atoms with van der Waals surface area (Å²) in [5, 5.41) is 15.1. The van der Waals surface area contributed by atoms with Gasteiger partial charge < -0.3 is 10.6 Å². The summed E-state index contributed by atoms with van der Waals surface area (Å²) >= 11 is 5.84. The SMILES string of the molecule is CC(=O)N[C@H](C(=O)Nc1cn([C@@H](C)c2cc(Cl)n[nH]c2=O)nc1F)C(C1CC1)C1CC1. The Morgan fingerprint density at radius 1 is 1.29 bits per heavy atom. The first-order valence-corrected chi connectivity index (χ1v) is 10.7. The maximum atomic E-state index is 14.5. The molecule has 0 saturated heterocycles. The van der Waals surface area contributed by atoms with Gasteiger partial charge in [0.2, 0.25) is 11.8 Å². The van der Waals surface area contributed by atoms with E-state index in [9.17, 15) is 18.8 Å². The Labute approximate surface area is 182 Å². The van der Waals surface area contributed by atoms with Crippen LogP contribution in [0.5, 0.6) is 0 Å². The van der Waals surface area contributed by atoms with Crippen LogP contribution in [-0.2, 0) is 9.59 Å². The number of anilines is 1. The van der Waals surface area contributed by atoms with Crippen LogP contribution in [0.4, 0.5) is 10.1 Å². The highest BCUT2D eigenvalue weighted by Gasteiger charge is 2.48. The predicted molar refractivity (Wildman–Crippen MR) is 111 cm³/mol. The number of amides is 2. The number of aromatic nitrogens is 4. The van der Waals surface area contributed by atoms with E-state index in [2.05, 4.69) is 25.9 Å². The lowest BCUT2D eigenvalue weighted by Gasteiger charge is -2.26. The van der Waals surface area contributed by atoms with E-state index in [4.69, 9.17) is 11.6 Å². The zero-order valence-corrected chi connectivity index (χ0v) is 17.9. The van der Waals surface area contributed by atoms with Crippen molar-refractivity contribution in [2.24, 2.45) is 17.8 Å². The van der Waals surface area contributed by atoms with Gasteiger partial charge in [-0.15, -0.1) is 5.10 Å². The lowest BCUT2D eigenvalue weighted by molar-refractivity contribution is -0.126. The molecule has 2 saturated carbocycles. The van der Waals surface area contributed by atoms with Gasteiger partial charge >= 0.3 is 0 Å². The van der Waals surface area contributed by atoms with Gasteiger partial charge in [-0.1, -0.05) is 11.6 Å². The number of rotatable bonds is 8. The maximum absolute atomic E-state index is 14.5. The minimum absolute atomic E-state index is 0.0541. The average molecular weight is 451 g/mol. The van der Waals surface area contributed by atoms with Crippen LogP contribution in [0.25, 0.3) is 0 Å². The number of hydrogen-bond acceptors (Lipinski definition) is 5. The zero-order valence-electron chi connectivity index (χ0n) is 17.2. The molecule has 2 atom stereocenters. The van der Waals surface area contributed by atoms with Crippen LogP contribution in [0.2, 0.25) is 5.15 Å². The third-order valence-corrected chi connectivity index (χ3v) is 6.15. The van der Waals surface area contributed by atoms with Crippen molar-refractivity contribution >= 4 is 29.1 Å². The van der Waals surface area contributed by atoms with Crippen molar-refractivity contribution in [3.05, 3.63) is 39.3 Å². The van der Waals surface area contributed by atoms with Gasteiger partial charge in [0.25, 0.3) is 11.5 Å². The number of nitrogens with zero attached hydrogens (tertiary/aromatic N) is 3. The number of H-pyrrole nitrogens is 1. The fourth-order valence-electron chi connectivity index (χ4n) is 4.16. The van der Waals surface area contributed by atoms with Crippen LogP contribution in [0.1, 0.15) is 51.1 Å². The zero-order chi connectivity index (χ0) is 22.3. The second-order valence-electron chi connectivity index (χ2n) is 8.38. The first-order valence-electron chi connectivity index (χ1n) is 10.3. The van der Waals surface area contributed by atoms with E-state index in [1.165, 1.54) is 23.9 Å². The van der Waals surface area contributed by atoms with E-state index in [0.717, 1.165) is 25.7 Å². The van der Waals surface area contributed by atoms with Crippen molar-refractivity contribution in [2.75, 3.05) is 5.32 Å². The predicted octanol–water partition coefficient (Wildman–Crippen LogP) is 2.25. The van der Waals surface area contributed by atoms with Gasteiger partial charge in [0.05, 0.1) is 12.2 Å². The Hall–Kier alpha value is -2.75. The van der Waals surface area contributed by atoms with Crippen LogP contribution in [0, 0.1) is 23.7 Å². The van der Waals surface area contributed by atoms with Gasteiger partial charge in [-0.3, -0.25) is 19.1 Å². The topological polar surface area (TPSA) is 122 Å². The van der Waals surface area contributed by atoms with Crippen molar-refractivity contribution in [1.29, 1.82) is 0 Å². The average Bonchev–Trinajstić information content (AvgIpc) is 3.63. The van der Waals surface area contributed by atoms with Crippen molar-refractivity contribution in [1.82, 2.24) is 25.3 Å². The molecule has 0 aliphatic heterocycles. The Kier molecular flexibility index (Phi) is 5.83. The van der Waals surface area contributed by atoms with Gasteiger partial charge in [0.15, 0.2) is 0 Å². The quantitative estimate of drug-likeness (QED) is 0.569. The Morgan fingerprint density at radius 3 is 2.52 bits per heavy atom. The highest BCUT2D eigenvalue weighted by atomic mass is 35.5. The summed E-state index contributed by atoms with van der Waals surface area (Å²) < 4.78 is 15.8. The second kappa shape index (κ2) is 8.41. The molecule has 2 aromatic rings. The van der Waals surface area contributed by atoms with E-state index < -0.39 is 29.5 Å². The lowest BCUT2D eigenvalue weighted by Crippen LogP contribution is -2.49. The summed E-state index contributed by atoms with van der Waals surface area (Å²) in [5.41, 5.74) is -0.339. The van der Waals surface area contributed by atoms with E-state index >= 15 is 0 Å². The summed E-state index contributed by atoms with van der Waals surface area (Å²) in [6.07, 6.45) is 5.48. The molecule has 0 bridgehead atoms. The molecule has 3 N–H and O–H groups in total. The summed E-state index contributed by atoms with van der Waals surface area (Å²) in [4.78, 5) is 36.8. The minimum atomic E-state index is -0.882. The molecule has 166 valence electrons. The molecule has 2 fully saturated rings. The molecule has 2 aliphatic rings. The summed E-state index contributed by atoms with van der Waals surface area (Å²) in [6, 6.07) is 0.00622. The van der Waals surface area contributed by atoms with Crippen LogP contribution in [0.15, 0.2) is 17.1 Å². The molecule has 11 heteroatoms. The molecule has 9 nitrogen and oxygen atoms in total. The fraction of sp³-hybridized carbons (Fsp3) is 0.550. The molecule has 0 radical (unpaired) electrons. The van der Waals surface area contributed by atoms with Crippen LogP contribution >= 0.6 is 11.6 Å². The van der Waals surface area contributed by atoms with Gasteiger partial charge in [-0.25, -0.2) is 5.10 Å². The van der Waals surface area contributed by atoms with Gasteiger partial charge in [0.1, 0.15) is 16.9 Å². The Balaban J connectivity index is 1.55. The molecule has 2 heterocycles. The largest absolute Gasteiger partial charge is 0.344 e. The molecule has 2 aromatic heterocycles. The molecule has 31 heavy (non-hydrogen) atoms. The van der Waals surface area contributed by atoms with Crippen LogP contribution in [-0.4, -0.2) is 37.8 Å². The number of hydrogen-bond donors (Lipinski definition) is 3. The smallest absolute Gasteiger partial charge is 0.269 e. The first-order chi connectivity index (χ1) is 14.7. The number of nitrogens with one attached hydrogen (secondary N) is 3. The van der Waals surface area contributed by atoms with Gasteiger partial charge in [0, 0.05) is 12.5 Å². The normalized spacial score (nSPS) is 18.0. The van der Waals surface area contributed by atoms with Crippen molar-refractivity contribution in [3.63, 3.8) is 0 Å². The monoisotopic (exact) mass is 450 g/mol. The Bertz CT molecular complexity index is 1050. The molecule has 0 aromatic carbocycles. The molecule has 2 amide bonds. The molecular formula is C20H24ClFN6O3. The number of aromatic amines is 1. The van der Waals surface area contributed by atoms with Crippen LogP contribution in [0.3, 0.4) is 0 Å². The summed E-state index contributed by atoms with van der Waals surface area (Å²) in [6.45, 7) is 3.02. The second-order valence-corrected chi connectivity index (χ2v) is 8.77. The highest BCUT2D eigenvalue weighted by Crippen LogP contribution is 2.50. The minimum Gasteiger partial charge on any atom is -0.344 e. The third kappa shape index (κ3) is 4.79. The lowest BCUT2D eigenvalue weighted by atomic mass is 9.88. The summed E-state index contributed by atoms with van der Waals surface area (Å²) in [5.74, 6) is -0.775. The standard InChI is InChI=1S/C20H24ClFN6O3/c1-9(13-7-15(21)25-26-19(13)30)28-8-14(18(22)27-28)24-20(31)17(23-10(2)29)16(11-3-4-11)12-5-6-12/h7-9,11-12,16-17H,3-6H2,1-2H3,(H,23,29)(H,24,31)(H,26,30)/t9-,17-/m0/s1. The third-order valence-electron chi connectivity index (χ3n) is 5.95. The van der Waals surface area contributed by atoms with Crippen molar-refractivity contribution < 1.29 is 14.0 Å². The summed E-state index contributed by atoms with van der Waals surface area (Å²) in [7, 11) is 0. The van der Waals surface area contributed by atoms with Crippen LogP contribution < -0.4 is 16.2 Å². The maximum Gasteiger partial charge on any atom is 0.269 e. The van der Waals surface area contributed by atoms with Gasteiger partial charge in [-0.05, 0) is 56.4 Å². The molecule has 0 unspecified atom stereocenters. The highest BCUT2D eigenvalue weighted by molar-refractivity contribution is 6.29. The van der Waals surface area contributed by atoms with E-state index in [0.29, 0.717) is 11.8 Å². The number of carbonyl (C=O) groups is 2. The number of halogens is 2. The fourth-order valence-corrected chi connectivity index (χ4v) is 4.32. The molecule has 4 rings (SSSR count). The Morgan fingerprint density at radius 2 is 1.94 bits per heavy atom. The van der Waals surface area contributed by atoms with E-state index in [1.807, 2.05) is 0 Å². The molecule has 2 aliphatic carbocycles. The molecule has 0 spiro atoms. The first kappa shape index (κ1) is 21.5.